The molecule has 1 amide bonds. The van der Waals surface area contributed by atoms with Crippen LogP contribution in [0.15, 0.2) is 24.3 Å². The van der Waals surface area contributed by atoms with Crippen LogP contribution < -0.4 is 16.4 Å². The van der Waals surface area contributed by atoms with Crippen molar-refractivity contribution in [2.75, 3.05) is 18.0 Å². The third kappa shape index (κ3) is 3.01. The van der Waals surface area contributed by atoms with Crippen LogP contribution in [0.2, 0.25) is 0 Å². The van der Waals surface area contributed by atoms with E-state index in [0.717, 1.165) is 25.9 Å². The van der Waals surface area contributed by atoms with E-state index in [4.69, 9.17) is 11.5 Å². The van der Waals surface area contributed by atoms with E-state index in [-0.39, 0.29) is 5.91 Å². The quantitative estimate of drug-likeness (QED) is 0.840. The smallest absolute Gasteiger partial charge is 0.217 e. The van der Waals surface area contributed by atoms with E-state index < -0.39 is 0 Å². The molecule has 18 heavy (non-hydrogen) atoms. The first-order chi connectivity index (χ1) is 8.70. The van der Waals surface area contributed by atoms with Crippen molar-refractivity contribution in [2.24, 2.45) is 17.4 Å². The fourth-order valence-corrected chi connectivity index (χ4v) is 2.65. The minimum atomic E-state index is -0.184. The summed E-state index contributed by atoms with van der Waals surface area (Å²) in [5, 5.41) is 0. The Morgan fingerprint density at radius 1 is 1.28 bits per heavy atom. The van der Waals surface area contributed by atoms with Crippen LogP contribution in [-0.4, -0.2) is 19.0 Å². The van der Waals surface area contributed by atoms with Gasteiger partial charge in [0.2, 0.25) is 5.91 Å². The molecule has 1 fully saturated rings. The molecule has 1 aromatic carbocycles. The topological polar surface area (TPSA) is 72.3 Å². The van der Waals surface area contributed by atoms with Crippen molar-refractivity contribution in [3.63, 3.8) is 0 Å². The summed E-state index contributed by atoms with van der Waals surface area (Å²) in [6, 6.07) is 8.26. The lowest BCUT2D eigenvalue weighted by molar-refractivity contribution is -0.119. The van der Waals surface area contributed by atoms with Gasteiger partial charge in [-0.05, 0) is 30.4 Å². The van der Waals surface area contributed by atoms with Gasteiger partial charge in [-0.25, -0.2) is 0 Å². The number of hydrogen-bond donors (Lipinski definition) is 2. The van der Waals surface area contributed by atoms with E-state index >= 15 is 0 Å². The Morgan fingerprint density at radius 2 is 1.94 bits per heavy atom. The van der Waals surface area contributed by atoms with E-state index in [1.807, 2.05) is 12.1 Å². The molecule has 4 N–H and O–H groups in total. The lowest BCUT2D eigenvalue weighted by Crippen LogP contribution is -2.35. The molecule has 0 aliphatic carbocycles. The maximum Gasteiger partial charge on any atom is 0.217 e. The molecule has 2 rings (SSSR count). The van der Waals surface area contributed by atoms with Gasteiger partial charge in [0, 0.05) is 31.7 Å². The highest BCUT2D eigenvalue weighted by atomic mass is 16.1. The summed E-state index contributed by atoms with van der Waals surface area (Å²) in [7, 11) is 0. The molecule has 0 spiro atoms. The Labute approximate surface area is 108 Å². The van der Waals surface area contributed by atoms with Crippen molar-refractivity contribution in [1.82, 2.24) is 0 Å². The Kier molecular flexibility index (Phi) is 4.20. The normalized spacial score (nSPS) is 16.8. The highest BCUT2D eigenvalue weighted by molar-refractivity contribution is 5.74. The summed E-state index contributed by atoms with van der Waals surface area (Å²) in [5.41, 5.74) is 13.4. The standard InChI is InChI=1S/C14H21N3O/c15-10-12-3-1-2-4-13(12)17-7-5-11(6-8-17)9-14(16)18/h1-4,11H,5-10,15H2,(H2,16,18). The first-order valence-electron chi connectivity index (χ1n) is 6.52. The Bertz CT molecular complexity index is 411. The van der Waals surface area contributed by atoms with Crippen LogP contribution in [-0.2, 0) is 11.3 Å². The number of rotatable bonds is 4. The number of nitrogens with two attached hydrogens (primary N) is 2. The first-order valence-corrected chi connectivity index (χ1v) is 6.52. The Hall–Kier alpha value is -1.55. The molecule has 0 radical (unpaired) electrons. The molecule has 0 saturated carbocycles. The first kappa shape index (κ1) is 12.9. The number of para-hydroxylation sites is 1. The van der Waals surface area contributed by atoms with Gasteiger partial charge in [-0.1, -0.05) is 18.2 Å². The zero-order chi connectivity index (χ0) is 13.0. The van der Waals surface area contributed by atoms with Crippen LogP contribution in [0, 0.1) is 5.92 Å². The highest BCUT2D eigenvalue weighted by Gasteiger charge is 2.21. The number of amides is 1. The molecular formula is C14H21N3O. The Balaban J connectivity index is 1.99. The zero-order valence-electron chi connectivity index (χ0n) is 10.6. The molecule has 4 nitrogen and oxygen atoms in total. The van der Waals surface area contributed by atoms with E-state index in [9.17, 15) is 4.79 Å². The number of anilines is 1. The van der Waals surface area contributed by atoms with Crippen LogP contribution >= 0.6 is 0 Å². The van der Waals surface area contributed by atoms with Crippen LogP contribution in [0.25, 0.3) is 0 Å². The molecule has 98 valence electrons. The molecule has 4 heteroatoms. The van der Waals surface area contributed by atoms with Crippen molar-refractivity contribution in [1.29, 1.82) is 0 Å². The third-order valence-electron chi connectivity index (χ3n) is 3.66. The van der Waals surface area contributed by atoms with E-state index in [2.05, 4.69) is 17.0 Å². The lowest BCUT2D eigenvalue weighted by atomic mass is 9.92. The fourth-order valence-electron chi connectivity index (χ4n) is 2.65. The van der Waals surface area contributed by atoms with Crippen LogP contribution in [0.4, 0.5) is 5.69 Å². The van der Waals surface area contributed by atoms with Gasteiger partial charge in [0.1, 0.15) is 0 Å². The fraction of sp³-hybridized carbons (Fsp3) is 0.500. The predicted molar refractivity (Wildman–Crippen MR) is 73.1 cm³/mol. The summed E-state index contributed by atoms with van der Waals surface area (Å²) in [6.07, 6.45) is 2.58. The summed E-state index contributed by atoms with van der Waals surface area (Å²) >= 11 is 0. The second kappa shape index (κ2) is 5.87. The second-order valence-corrected chi connectivity index (χ2v) is 4.93. The van der Waals surface area contributed by atoms with Crippen LogP contribution in [0.3, 0.4) is 0 Å². The average molecular weight is 247 g/mol. The molecule has 1 heterocycles. The highest BCUT2D eigenvalue weighted by Crippen LogP contribution is 2.27. The summed E-state index contributed by atoms with van der Waals surface area (Å²) < 4.78 is 0. The minimum absolute atomic E-state index is 0.184. The van der Waals surface area contributed by atoms with E-state index in [1.165, 1.54) is 11.3 Å². The number of piperidine rings is 1. The number of carbonyl (C=O) groups excluding carboxylic acids is 1. The molecule has 1 aliphatic heterocycles. The number of benzene rings is 1. The van der Waals surface area contributed by atoms with Crippen molar-refractivity contribution in [2.45, 2.75) is 25.8 Å². The average Bonchev–Trinajstić information content (AvgIpc) is 2.39. The van der Waals surface area contributed by atoms with Crippen molar-refractivity contribution >= 4 is 11.6 Å². The molecule has 0 bridgehead atoms. The molecular weight excluding hydrogens is 226 g/mol. The number of hydrogen-bond acceptors (Lipinski definition) is 3. The van der Waals surface area contributed by atoms with Crippen molar-refractivity contribution < 1.29 is 4.79 Å². The number of primary amides is 1. The van der Waals surface area contributed by atoms with E-state index in [0.29, 0.717) is 18.9 Å². The molecule has 0 unspecified atom stereocenters. The molecule has 0 atom stereocenters. The molecule has 1 aliphatic rings. The molecule has 1 saturated heterocycles. The van der Waals surface area contributed by atoms with Gasteiger partial charge in [-0.15, -0.1) is 0 Å². The van der Waals surface area contributed by atoms with Crippen molar-refractivity contribution in [3.8, 4) is 0 Å². The Morgan fingerprint density at radius 3 is 2.56 bits per heavy atom. The largest absolute Gasteiger partial charge is 0.371 e. The van der Waals surface area contributed by atoms with Crippen LogP contribution in [0.5, 0.6) is 0 Å². The van der Waals surface area contributed by atoms with Gasteiger partial charge in [0.25, 0.3) is 0 Å². The minimum Gasteiger partial charge on any atom is -0.371 e. The van der Waals surface area contributed by atoms with E-state index in [1.54, 1.807) is 0 Å². The van der Waals surface area contributed by atoms with Gasteiger partial charge in [0.05, 0.1) is 0 Å². The summed E-state index contributed by atoms with van der Waals surface area (Å²) in [4.78, 5) is 13.3. The summed E-state index contributed by atoms with van der Waals surface area (Å²) in [5.74, 6) is 0.264. The van der Waals surface area contributed by atoms with Crippen LogP contribution in [0.1, 0.15) is 24.8 Å². The summed E-state index contributed by atoms with van der Waals surface area (Å²) in [6.45, 7) is 2.53. The molecule has 1 aromatic rings. The van der Waals surface area contributed by atoms with Gasteiger partial charge in [-0.3, -0.25) is 4.79 Å². The van der Waals surface area contributed by atoms with Gasteiger partial charge >= 0.3 is 0 Å². The van der Waals surface area contributed by atoms with Crippen molar-refractivity contribution in [3.05, 3.63) is 29.8 Å². The molecule has 0 aromatic heterocycles. The number of nitrogens with zero attached hydrogens (tertiary/aromatic N) is 1. The maximum absolute atomic E-state index is 10.9. The van der Waals surface area contributed by atoms with Gasteiger partial charge < -0.3 is 16.4 Å². The third-order valence-corrected chi connectivity index (χ3v) is 3.66. The second-order valence-electron chi connectivity index (χ2n) is 4.93. The van der Waals surface area contributed by atoms with Gasteiger partial charge in [0.15, 0.2) is 0 Å². The SMILES string of the molecule is NCc1ccccc1N1CCC(CC(N)=O)CC1. The van der Waals surface area contributed by atoms with Gasteiger partial charge in [-0.2, -0.15) is 0 Å². The maximum atomic E-state index is 10.9. The monoisotopic (exact) mass is 247 g/mol. The zero-order valence-corrected chi connectivity index (χ0v) is 10.6. The predicted octanol–water partition coefficient (Wildman–Crippen LogP) is 1.24. The number of carbonyl (C=O) groups is 1. The lowest BCUT2D eigenvalue weighted by Gasteiger charge is -2.34.